The Kier molecular flexibility index (Phi) is 7.71. The van der Waals surface area contributed by atoms with Gasteiger partial charge in [-0.05, 0) is 75.3 Å². The molecule has 1 aliphatic heterocycles. The molecule has 39 heavy (non-hydrogen) atoms. The van der Waals surface area contributed by atoms with Gasteiger partial charge in [-0.25, -0.2) is 0 Å². The third-order valence-corrected chi connectivity index (χ3v) is 9.51. The number of fused-ring (bicyclic) bond motifs is 3. The van der Waals surface area contributed by atoms with E-state index in [1.165, 1.54) is 29.2 Å². The minimum atomic E-state index is 0.230. The zero-order chi connectivity index (χ0) is 27.6. The lowest BCUT2D eigenvalue weighted by Gasteiger charge is -2.51. The van der Waals surface area contributed by atoms with Crippen molar-refractivity contribution in [2.45, 2.75) is 79.3 Å². The summed E-state index contributed by atoms with van der Waals surface area (Å²) in [5, 5.41) is 0. The zero-order valence-corrected chi connectivity index (χ0v) is 24.6. The first-order valence-corrected chi connectivity index (χ1v) is 15.0. The average molecular weight is 520 g/mol. The number of piperidine rings is 1. The van der Waals surface area contributed by atoms with Gasteiger partial charge in [0.25, 0.3) is 0 Å². The Hall–Kier alpha value is -3.33. The summed E-state index contributed by atoms with van der Waals surface area (Å²) >= 11 is 0. The first-order chi connectivity index (χ1) is 19.0. The van der Waals surface area contributed by atoms with Crippen molar-refractivity contribution < 1.29 is 0 Å². The predicted octanol–water partition coefficient (Wildman–Crippen LogP) is 9.17. The third-order valence-electron chi connectivity index (χ3n) is 9.51. The summed E-state index contributed by atoms with van der Waals surface area (Å²) in [6.45, 7) is 13.4. The Bertz CT molecular complexity index is 1320. The minimum Gasteiger partial charge on any atom is -0.340 e. The van der Waals surface area contributed by atoms with Gasteiger partial charge in [-0.3, -0.25) is 4.98 Å². The lowest BCUT2D eigenvalue weighted by atomic mass is 9.69. The first-order valence-electron chi connectivity index (χ1n) is 15.0. The fraction of sp³-hybridized carbons (Fsp3) is 0.417. The van der Waals surface area contributed by atoms with Crippen LogP contribution in [0.5, 0.6) is 0 Å². The Morgan fingerprint density at radius 1 is 1.08 bits per heavy atom. The van der Waals surface area contributed by atoms with Crippen LogP contribution in [0.4, 0.5) is 11.4 Å². The highest BCUT2D eigenvalue weighted by Crippen LogP contribution is 2.76. The number of pyridine rings is 1. The summed E-state index contributed by atoms with van der Waals surface area (Å²) < 4.78 is 0. The van der Waals surface area contributed by atoms with Crippen molar-refractivity contribution in [3.8, 4) is 0 Å². The SMILES string of the molecule is CC.CCC=CC12CC1(C)C(C)N(c1cccnc1C)C1=CC(N(c3ccccc3)C3C=CC=CC3)=CCC12. The number of aromatic nitrogens is 1. The summed E-state index contributed by atoms with van der Waals surface area (Å²) in [6.07, 6.45) is 25.3. The van der Waals surface area contributed by atoms with E-state index in [1.54, 1.807) is 0 Å². The van der Waals surface area contributed by atoms with E-state index in [1.807, 2.05) is 20.0 Å². The van der Waals surface area contributed by atoms with Crippen LogP contribution in [-0.2, 0) is 0 Å². The summed E-state index contributed by atoms with van der Waals surface area (Å²) in [5.41, 5.74) is 6.84. The Morgan fingerprint density at radius 2 is 1.87 bits per heavy atom. The van der Waals surface area contributed by atoms with Crippen LogP contribution in [0.3, 0.4) is 0 Å². The standard InChI is InChI=1S/C34H39N3.C2H6/c1-5-6-21-34-24-33(34,4)26(3)36(31-18-13-22-35-25(31)2)32-23-29(19-20-30(32)34)37(27-14-9-7-10-15-27)28-16-11-8-12-17-28;1-2/h6-16,18-19,21-23,26,28,30H,5,17,20,24H2,1-4H3;1-2H3. The number of hydrogen-bond acceptors (Lipinski definition) is 3. The molecule has 0 amide bonds. The lowest BCUT2D eigenvalue weighted by Crippen LogP contribution is -2.50. The maximum Gasteiger partial charge on any atom is 0.0627 e. The Labute approximate surface area is 236 Å². The van der Waals surface area contributed by atoms with Crippen molar-refractivity contribution in [3.63, 3.8) is 0 Å². The van der Waals surface area contributed by atoms with Crippen LogP contribution in [0.1, 0.15) is 66.0 Å². The van der Waals surface area contributed by atoms with E-state index in [2.05, 4.69) is 129 Å². The van der Waals surface area contributed by atoms with Gasteiger partial charge in [-0.15, -0.1) is 0 Å². The molecular weight excluding hydrogens is 474 g/mol. The number of rotatable bonds is 6. The van der Waals surface area contributed by atoms with E-state index in [4.69, 9.17) is 4.98 Å². The maximum absolute atomic E-state index is 4.71. The van der Waals surface area contributed by atoms with E-state index in [9.17, 15) is 0 Å². The lowest BCUT2D eigenvalue weighted by molar-refractivity contribution is 0.243. The monoisotopic (exact) mass is 519 g/mol. The summed E-state index contributed by atoms with van der Waals surface area (Å²) in [6, 6.07) is 15.9. The van der Waals surface area contributed by atoms with Crippen molar-refractivity contribution >= 4 is 11.4 Å². The first kappa shape index (κ1) is 27.2. The Morgan fingerprint density at radius 3 is 2.56 bits per heavy atom. The second-order valence-corrected chi connectivity index (χ2v) is 11.4. The van der Waals surface area contributed by atoms with Crippen LogP contribution in [0, 0.1) is 23.7 Å². The Balaban J connectivity index is 0.00000151. The van der Waals surface area contributed by atoms with Gasteiger partial charge < -0.3 is 9.80 Å². The molecule has 3 aliphatic carbocycles. The van der Waals surface area contributed by atoms with Gasteiger partial charge in [0.2, 0.25) is 0 Å². The van der Waals surface area contributed by atoms with Crippen molar-refractivity contribution in [2.24, 2.45) is 16.7 Å². The van der Waals surface area contributed by atoms with Gasteiger partial charge in [0.05, 0.1) is 17.4 Å². The molecule has 1 aromatic carbocycles. The number of anilines is 2. The average Bonchev–Trinajstić information content (AvgIpc) is 3.62. The molecule has 4 aliphatic rings. The van der Waals surface area contributed by atoms with Crippen LogP contribution < -0.4 is 9.80 Å². The van der Waals surface area contributed by atoms with Gasteiger partial charge in [0.15, 0.2) is 0 Å². The van der Waals surface area contributed by atoms with Gasteiger partial charge in [-0.1, -0.05) is 88.4 Å². The van der Waals surface area contributed by atoms with Gasteiger partial charge >= 0.3 is 0 Å². The smallest absolute Gasteiger partial charge is 0.0627 e. The van der Waals surface area contributed by atoms with Crippen LogP contribution in [0.25, 0.3) is 0 Å². The highest BCUT2D eigenvalue weighted by atomic mass is 15.2. The molecule has 1 aromatic heterocycles. The van der Waals surface area contributed by atoms with Crippen LogP contribution in [0.2, 0.25) is 0 Å². The minimum absolute atomic E-state index is 0.230. The molecule has 1 saturated heterocycles. The molecular formula is C36H45N3. The number of aryl methyl sites for hydroxylation is 1. The highest BCUT2D eigenvalue weighted by molar-refractivity contribution is 5.65. The topological polar surface area (TPSA) is 19.4 Å². The van der Waals surface area contributed by atoms with E-state index >= 15 is 0 Å². The largest absolute Gasteiger partial charge is 0.340 e. The second-order valence-electron chi connectivity index (χ2n) is 11.4. The van der Waals surface area contributed by atoms with Crippen molar-refractivity contribution in [2.75, 3.05) is 9.80 Å². The fourth-order valence-corrected chi connectivity index (χ4v) is 7.33. The molecule has 0 N–H and O–H groups in total. The van der Waals surface area contributed by atoms with Crippen LogP contribution in [-0.4, -0.2) is 17.1 Å². The van der Waals surface area contributed by atoms with Crippen molar-refractivity contribution in [3.05, 3.63) is 114 Å². The number of nitrogens with zero attached hydrogens (tertiary/aromatic N) is 3. The molecule has 6 rings (SSSR count). The molecule has 2 aromatic rings. The molecule has 2 heterocycles. The van der Waals surface area contributed by atoms with Gasteiger partial charge in [0.1, 0.15) is 0 Å². The molecule has 0 spiro atoms. The maximum atomic E-state index is 4.71. The van der Waals surface area contributed by atoms with Crippen molar-refractivity contribution in [1.29, 1.82) is 0 Å². The highest BCUT2D eigenvalue weighted by Gasteiger charge is 2.73. The quantitative estimate of drug-likeness (QED) is 0.355. The zero-order valence-electron chi connectivity index (χ0n) is 24.6. The molecule has 0 bridgehead atoms. The molecule has 5 unspecified atom stereocenters. The number of hydrogen-bond donors (Lipinski definition) is 0. The predicted molar refractivity (Wildman–Crippen MR) is 167 cm³/mol. The molecule has 0 radical (unpaired) electrons. The molecule has 3 heteroatoms. The van der Waals surface area contributed by atoms with Crippen molar-refractivity contribution in [1.82, 2.24) is 4.98 Å². The number of para-hydroxylation sites is 1. The molecule has 1 saturated carbocycles. The van der Waals surface area contributed by atoms with E-state index in [0.717, 1.165) is 25.0 Å². The fourth-order valence-electron chi connectivity index (χ4n) is 7.33. The second kappa shape index (κ2) is 11.0. The number of benzene rings is 1. The summed E-state index contributed by atoms with van der Waals surface area (Å²) in [7, 11) is 0. The molecule has 3 nitrogen and oxygen atoms in total. The van der Waals surface area contributed by atoms with E-state index in [0.29, 0.717) is 18.0 Å². The van der Waals surface area contributed by atoms with Crippen LogP contribution >= 0.6 is 0 Å². The molecule has 204 valence electrons. The third kappa shape index (κ3) is 4.50. The van der Waals surface area contributed by atoms with Gasteiger partial charge in [-0.2, -0.15) is 0 Å². The van der Waals surface area contributed by atoms with E-state index < -0.39 is 0 Å². The van der Waals surface area contributed by atoms with E-state index in [-0.39, 0.29) is 10.8 Å². The molecule has 5 atom stereocenters. The normalized spacial score (nSPS) is 30.5. The summed E-state index contributed by atoms with van der Waals surface area (Å²) in [4.78, 5) is 9.89. The molecule has 2 fully saturated rings. The van der Waals surface area contributed by atoms with Crippen LogP contribution in [0.15, 0.2) is 109 Å². The summed E-state index contributed by atoms with van der Waals surface area (Å²) in [5.74, 6) is 0.472. The van der Waals surface area contributed by atoms with Gasteiger partial charge in [0, 0.05) is 40.7 Å². The number of allylic oxidation sites excluding steroid dienone is 7.